The van der Waals surface area contributed by atoms with Gasteiger partial charge >= 0.3 is 0 Å². The van der Waals surface area contributed by atoms with Crippen LogP contribution in [0.3, 0.4) is 0 Å². The first-order valence-corrected chi connectivity index (χ1v) is 7.86. The summed E-state index contributed by atoms with van der Waals surface area (Å²) in [6, 6.07) is 8.51. The molecule has 104 valence electrons. The molecule has 20 heavy (non-hydrogen) atoms. The molecule has 0 saturated heterocycles. The fourth-order valence-corrected chi connectivity index (χ4v) is 3.53. The van der Waals surface area contributed by atoms with E-state index in [2.05, 4.69) is 41.1 Å². The highest BCUT2D eigenvalue weighted by molar-refractivity contribution is 7.17. The number of hydrogen-bond donors (Lipinski definition) is 0. The van der Waals surface area contributed by atoms with Gasteiger partial charge in [-0.1, -0.05) is 30.4 Å². The lowest BCUT2D eigenvalue weighted by atomic mass is 10.0. The molecule has 0 spiro atoms. The SMILES string of the molecule is CCc1ccc(N(C)c2nc3c(s2)C(=O)CCC3)cc1. The number of carbonyl (C=O) groups is 1. The molecule has 0 unspecified atom stereocenters. The minimum absolute atomic E-state index is 0.254. The van der Waals surface area contributed by atoms with E-state index in [-0.39, 0.29) is 5.78 Å². The molecule has 1 aromatic carbocycles. The number of fused-ring (bicyclic) bond motifs is 1. The largest absolute Gasteiger partial charge is 0.321 e. The molecule has 1 aliphatic carbocycles. The van der Waals surface area contributed by atoms with Crippen LogP contribution in [-0.4, -0.2) is 17.8 Å². The molecule has 0 atom stereocenters. The van der Waals surface area contributed by atoms with E-state index in [0.29, 0.717) is 6.42 Å². The number of thiazole rings is 1. The smallest absolute Gasteiger partial charge is 0.190 e. The number of aryl methyl sites for hydroxylation is 2. The van der Waals surface area contributed by atoms with E-state index >= 15 is 0 Å². The lowest BCUT2D eigenvalue weighted by molar-refractivity contribution is 0.0976. The van der Waals surface area contributed by atoms with Gasteiger partial charge < -0.3 is 4.90 Å². The Morgan fingerprint density at radius 2 is 2.00 bits per heavy atom. The van der Waals surface area contributed by atoms with Crippen molar-refractivity contribution in [3.63, 3.8) is 0 Å². The number of benzene rings is 1. The van der Waals surface area contributed by atoms with Gasteiger partial charge in [-0.15, -0.1) is 0 Å². The Labute approximate surface area is 123 Å². The van der Waals surface area contributed by atoms with Gasteiger partial charge in [-0.3, -0.25) is 4.79 Å². The van der Waals surface area contributed by atoms with Crippen LogP contribution in [0.4, 0.5) is 10.8 Å². The normalized spacial score (nSPS) is 14.2. The fourth-order valence-electron chi connectivity index (χ4n) is 2.47. The van der Waals surface area contributed by atoms with E-state index in [0.717, 1.165) is 40.7 Å². The van der Waals surface area contributed by atoms with Crippen molar-refractivity contribution in [2.45, 2.75) is 32.6 Å². The van der Waals surface area contributed by atoms with Crippen LogP contribution in [0.5, 0.6) is 0 Å². The number of anilines is 2. The maximum Gasteiger partial charge on any atom is 0.190 e. The molecule has 0 amide bonds. The molecule has 1 heterocycles. The summed E-state index contributed by atoms with van der Waals surface area (Å²) in [5.74, 6) is 0.254. The van der Waals surface area contributed by atoms with Crippen molar-refractivity contribution < 1.29 is 4.79 Å². The van der Waals surface area contributed by atoms with E-state index in [1.54, 1.807) is 0 Å². The molecule has 4 heteroatoms. The van der Waals surface area contributed by atoms with Crippen LogP contribution in [-0.2, 0) is 12.8 Å². The van der Waals surface area contributed by atoms with Gasteiger partial charge in [0.1, 0.15) is 0 Å². The predicted octanol–water partition coefficient (Wildman–Crippen LogP) is 3.99. The molecule has 1 aromatic heterocycles. The quantitative estimate of drug-likeness (QED) is 0.855. The van der Waals surface area contributed by atoms with E-state index in [1.165, 1.54) is 16.9 Å². The molecule has 0 saturated carbocycles. The highest BCUT2D eigenvalue weighted by atomic mass is 32.1. The van der Waals surface area contributed by atoms with Gasteiger partial charge in [-0.2, -0.15) is 0 Å². The minimum atomic E-state index is 0.254. The number of ketones is 1. The second-order valence-electron chi connectivity index (χ2n) is 5.13. The molecular formula is C16H18N2OS. The Bertz CT molecular complexity index is 630. The van der Waals surface area contributed by atoms with Crippen LogP contribution in [0.2, 0.25) is 0 Å². The fraction of sp³-hybridized carbons (Fsp3) is 0.375. The molecule has 0 aliphatic heterocycles. The monoisotopic (exact) mass is 286 g/mol. The maximum atomic E-state index is 11.9. The van der Waals surface area contributed by atoms with Crippen LogP contribution in [0, 0.1) is 0 Å². The van der Waals surface area contributed by atoms with Gasteiger partial charge in [0.15, 0.2) is 10.9 Å². The summed E-state index contributed by atoms with van der Waals surface area (Å²) < 4.78 is 0. The molecular weight excluding hydrogens is 268 g/mol. The molecule has 0 bridgehead atoms. The highest BCUT2D eigenvalue weighted by Gasteiger charge is 2.23. The number of hydrogen-bond acceptors (Lipinski definition) is 4. The standard InChI is InChI=1S/C16H18N2OS/c1-3-11-7-9-12(10-8-11)18(2)16-17-13-5-4-6-14(19)15(13)20-16/h7-10H,3-6H2,1-2H3. The van der Waals surface area contributed by atoms with Gasteiger partial charge in [0, 0.05) is 19.2 Å². The van der Waals surface area contributed by atoms with E-state index in [1.807, 2.05) is 7.05 Å². The lowest BCUT2D eigenvalue weighted by Gasteiger charge is -2.16. The summed E-state index contributed by atoms with van der Waals surface area (Å²) in [4.78, 5) is 19.5. The number of rotatable bonds is 3. The average Bonchev–Trinajstić information content (AvgIpc) is 2.92. The zero-order valence-corrected chi connectivity index (χ0v) is 12.7. The van der Waals surface area contributed by atoms with Crippen LogP contribution < -0.4 is 4.90 Å². The third-order valence-electron chi connectivity index (χ3n) is 3.78. The van der Waals surface area contributed by atoms with Gasteiger partial charge in [-0.25, -0.2) is 4.98 Å². The number of nitrogens with zero attached hydrogens (tertiary/aromatic N) is 2. The summed E-state index contributed by atoms with van der Waals surface area (Å²) in [7, 11) is 2.01. The Hall–Kier alpha value is -1.68. The summed E-state index contributed by atoms with van der Waals surface area (Å²) in [5.41, 5.74) is 3.43. The summed E-state index contributed by atoms with van der Waals surface area (Å²) in [5, 5.41) is 0.912. The van der Waals surface area contributed by atoms with Crippen molar-refractivity contribution in [3.05, 3.63) is 40.4 Å². The van der Waals surface area contributed by atoms with Crippen LogP contribution in [0.15, 0.2) is 24.3 Å². The molecule has 3 rings (SSSR count). The first-order chi connectivity index (χ1) is 9.69. The lowest BCUT2D eigenvalue weighted by Crippen LogP contribution is -2.09. The summed E-state index contributed by atoms with van der Waals surface area (Å²) >= 11 is 1.52. The third kappa shape index (κ3) is 2.36. The van der Waals surface area contributed by atoms with Gasteiger partial charge in [0.2, 0.25) is 0 Å². The van der Waals surface area contributed by atoms with Crippen LogP contribution in [0.1, 0.15) is 40.7 Å². The zero-order valence-electron chi connectivity index (χ0n) is 11.8. The second kappa shape index (κ2) is 5.37. The molecule has 0 N–H and O–H groups in total. The molecule has 2 aromatic rings. The van der Waals surface area contributed by atoms with Gasteiger partial charge in [0.25, 0.3) is 0 Å². The topological polar surface area (TPSA) is 33.2 Å². The first-order valence-electron chi connectivity index (χ1n) is 7.04. The number of Topliss-reactive ketones (excluding diaryl/α,β-unsaturated/α-hetero) is 1. The second-order valence-corrected chi connectivity index (χ2v) is 6.11. The maximum absolute atomic E-state index is 11.9. The molecule has 0 fully saturated rings. The van der Waals surface area contributed by atoms with Gasteiger partial charge in [0.05, 0.1) is 10.6 Å². The summed E-state index contributed by atoms with van der Waals surface area (Å²) in [6.07, 6.45) is 3.58. The van der Waals surface area contributed by atoms with Gasteiger partial charge in [-0.05, 0) is 37.0 Å². The van der Waals surface area contributed by atoms with Crippen molar-refractivity contribution >= 4 is 27.9 Å². The Morgan fingerprint density at radius 1 is 1.25 bits per heavy atom. The number of aromatic nitrogens is 1. The van der Waals surface area contributed by atoms with Crippen molar-refractivity contribution in [2.24, 2.45) is 0 Å². The highest BCUT2D eigenvalue weighted by Crippen LogP contribution is 2.34. The van der Waals surface area contributed by atoms with Crippen LogP contribution >= 0.6 is 11.3 Å². The zero-order chi connectivity index (χ0) is 14.1. The summed E-state index contributed by atoms with van der Waals surface area (Å²) in [6.45, 7) is 2.15. The number of carbonyl (C=O) groups excluding carboxylic acids is 1. The van der Waals surface area contributed by atoms with E-state index < -0.39 is 0 Å². The molecule has 3 nitrogen and oxygen atoms in total. The third-order valence-corrected chi connectivity index (χ3v) is 4.99. The van der Waals surface area contributed by atoms with E-state index in [4.69, 9.17) is 0 Å². The van der Waals surface area contributed by atoms with Crippen molar-refractivity contribution in [2.75, 3.05) is 11.9 Å². The first kappa shape index (κ1) is 13.3. The average molecular weight is 286 g/mol. The minimum Gasteiger partial charge on any atom is -0.321 e. The van der Waals surface area contributed by atoms with Crippen molar-refractivity contribution in [1.29, 1.82) is 0 Å². The predicted molar refractivity (Wildman–Crippen MR) is 83.3 cm³/mol. The van der Waals surface area contributed by atoms with Crippen LogP contribution in [0.25, 0.3) is 0 Å². The Morgan fingerprint density at radius 3 is 2.65 bits per heavy atom. The molecule has 0 radical (unpaired) electrons. The van der Waals surface area contributed by atoms with E-state index in [9.17, 15) is 4.79 Å². The Kier molecular flexibility index (Phi) is 3.57. The van der Waals surface area contributed by atoms with Crippen molar-refractivity contribution in [3.8, 4) is 0 Å². The van der Waals surface area contributed by atoms with Crippen molar-refractivity contribution in [1.82, 2.24) is 4.98 Å². The Balaban J connectivity index is 1.90. The molecule has 1 aliphatic rings.